The molecule has 0 amide bonds. The molecule has 0 unspecified atom stereocenters. The largest absolute Gasteiger partial charge is 0.507 e. The Morgan fingerprint density at radius 2 is 1.94 bits per heavy atom. The van der Waals surface area contributed by atoms with Crippen LogP contribution < -0.4 is 0 Å². The Labute approximate surface area is 195 Å². The summed E-state index contributed by atoms with van der Waals surface area (Å²) >= 11 is 1.71. The van der Waals surface area contributed by atoms with Gasteiger partial charge in [0.05, 0.1) is 0 Å². The highest BCUT2D eigenvalue weighted by Crippen LogP contribution is 2.51. The molecule has 0 aliphatic heterocycles. The van der Waals surface area contributed by atoms with E-state index in [0.717, 1.165) is 60.1 Å². The number of aryl methyl sites for hydroxylation is 1. The number of phenolic OH excluding ortho intramolecular Hbond substituents is 2. The Bertz CT molecular complexity index is 1130. The molecule has 1 aliphatic rings. The lowest BCUT2D eigenvalue weighted by molar-refractivity contribution is 0.407. The summed E-state index contributed by atoms with van der Waals surface area (Å²) in [5.41, 5.74) is 5.00. The summed E-state index contributed by atoms with van der Waals surface area (Å²) in [5.74, 6) is 0.613. The van der Waals surface area contributed by atoms with Gasteiger partial charge >= 0.3 is 0 Å². The monoisotopic (exact) mass is 446 g/mol. The predicted molar refractivity (Wildman–Crippen MR) is 138 cm³/mol. The molecule has 0 saturated carbocycles. The third-order valence-electron chi connectivity index (χ3n) is 6.84. The van der Waals surface area contributed by atoms with E-state index < -0.39 is 0 Å². The second-order valence-electron chi connectivity index (χ2n) is 9.33. The molecule has 2 atom stereocenters. The average Bonchev–Trinajstić information content (AvgIpc) is 3.17. The summed E-state index contributed by atoms with van der Waals surface area (Å²) in [6, 6.07) is 12.4. The van der Waals surface area contributed by atoms with Crippen LogP contribution in [0.15, 0.2) is 60.2 Å². The van der Waals surface area contributed by atoms with Crippen molar-refractivity contribution < 1.29 is 10.2 Å². The third-order valence-corrected chi connectivity index (χ3v) is 7.97. The number of rotatable bonds is 7. The van der Waals surface area contributed by atoms with Gasteiger partial charge in [-0.1, -0.05) is 61.8 Å². The van der Waals surface area contributed by atoms with Gasteiger partial charge in [0.2, 0.25) is 0 Å². The van der Waals surface area contributed by atoms with Crippen molar-refractivity contribution in [2.24, 2.45) is 5.92 Å². The normalized spacial score (nSPS) is 18.7. The Morgan fingerprint density at radius 1 is 1.16 bits per heavy atom. The van der Waals surface area contributed by atoms with E-state index in [0.29, 0.717) is 5.56 Å². The molecule has 0 spiro atoms. The molecule has 2 nitrogen and oxygen atoms in total. The number of hydrogen-bond donors (Lipinski definition) is 2. The van der Waals surface area contributed by atoms with E-state index in [1.807, 2.05) is 6.07 Å². The molecule has 2 aromatic carbocycles. The number of phenols is 2. The van der Waals surface area contributed by atoms with Gasteiger partial charge in [-0.15, -0.1) is 11.3 Å². The lowest BCUT2D eigenvalue weighted by Crippen LogP contribution is -2.17. The lowest BCUT2D eigenvalue weighted by Gasteiger charge is -2.32. The van der Waals surface area contributed by atoms with Crippen LogP contribution in [0, 0.1) is 5.92 Å². The highest BCUT2D eigenvalue weighted by Gasteiger charge is 2.32. The fraction of sp³-hybridized carbons (Fsp3) is 0.379. The van der Waals surface area contributed by atoms with E-state index in [1.165, 1.54) is 15.7 Å². The van der Waals surface area contributed by atoms with E-state index in [1.54, 1.807) is 11.3 Å². The fourth-order valence-electron chi connectivity index (χ4n) is 5.10. The number of thiophene rings is 1. The second-order valence-corrected chi connectivity index (χ2v) is 10.4. The van der Waals surface area contributed by atoms with Crippen molar-refractivity contribution in [1.29, 1.82) is 0 Å². The molecule has 1 aliphatic carbocycles. The first-order valence-corrected chi connectivity index (χ1v) is 12.6. The highest BCUT2D eigenvalue weighted by atomic mass is 32.1. The van der Waals surface area contributed by atoms with Crippen LogP contribution in [0.3, 0.4) is 0 Å². The molecular formula is C29H34O2S. The molecule has 3 aromatic rings. The average molecular weight is 447 g/mol. The Morgan fingerprint density at radius 3 is 2.66 bits per heavy atom. The third kappa shape index (κ3) is 4.36. The molecule has 3 heteroatoms. The minimum Gasteiger partial charge on any atom is -0.507 e. The second kappa shape index (κ2) is 9.54. The summed E-state index contributed by atoms with van der Waals surface area (Å²) in [6.45, 7) is 10.6. The van der Waals surface area contributed by atoms with Gasteiger partial charge in [0.25, 0.3) is 0 Å². The highest BCUT2D eigenvalue weighted by molar-refractivity contribution is 7.22. The number of aromatic hydroxyl groups is 2. The van der Waals surface area contributed by atoms with Crippen LogP contribution in [0.5, 0.6) is 11.5 Å². The van der Waals surface area contributed by atoms with Crippen molar-refractivity contribution in [1.82, 2.24) is 0 Å². The van der Waals surface area contributed by atoms with Gasteiger partial charge in [0.1, 0.15) is 11.5 Å². The van der Waals surface area contributed by atoms with Crippen molar-refractivity contribution >= 4 is 21.4 Å². The minimum absolute atomic E-state index is 0.0564. The summed E-state index contributed by atoms with van der Waals surface area (Å²) in [4.78, 5) is 1.07. The number of hydrogen-bond acceptors (Lipinski definition) is 3. The summed E-state index contributed by atoms with van der Waals surface area (Å²) in [6.07, 6.45) is 8.43. The summed E-state index contributed by atoms with van der Waals surface area (Å²) in [7, 11) is 0. The summed E-state index contributed by atoms with van der Waals surface area (Å²) in [5, 5.41) is 24.1. The molecule has 1 aromatic heterocycles. The molecule has 0 bridgehead atoms. The van der Waals surface area contributed by atoms with Crippen molar-refractivity contribution in [2.45, 2.75) is 65.2 Å². The van der Waals surface area contributed by atoms with Gasteiger partial charge < -0.3 is 10.2 Å². The zero-order valence-corrected chi connectivity index (χ0v) is 20.3. The van der Waals surface area contributed by atoms with E-state index in [2.05, 4.69) is 63.8 Å². The van der Waals surface area contributed by atoms with Crippen LogP contribution in [0.4, 0.5) is 0 Å². The van der Waals surface area contributed by atoms with Crippen LogP contribution in [0.1, 0.15) is 69.9 Å². The van der Waals surface area contributed by atoms with Crippen molar-refractivity contribution in [3.8, 4) is 21.9 Å². The zero-order valence-electron chi connectivity index (χ0n) is 19.4. The van der Waals surface area contributed by atoms with Crippen molar-refractivity contribution in [3.63, 3.8) is 0 Å². The van der Waals surface area contributed by atoms with Crippen molar-refractivity contribution in [2.75, 3.05) is 0 Å². The van der Waals surface area contributed by atoms with Crippen LogP contribution in [0.25, 0.3) is 20.5 Å². The smallest absolute Gasteiger partial charge is 0.132 e. The van der Waals surface area contributed by atoms with Crippen molar-refractivity contribution in [3.05, 3.63) is 71.3 Å². The quantitative estimate of drug-likeness (QED) is 0.281. The maximum atomic E-state index is 11.7. The standard InChI is InChI=1S/C29H34O2S/c1-5-6-7-11-21-16-24(30)28(23-15-19(4)13-14-22(23)18(2)3)29(31)27(21)26-17-20-10-8-9-12-25(20)32-26/h8-10,12,15-17,22-23,30-31H,2,5-7,11,13-14H2,1,3-4H3/t22-,23+/m0/s1. The molecule has 0 saturated heterocycles. The molecule has 2 N–H and O–H groups in total. The predicted octanol–water partition coefficient (Wildman–Crippen LogP) is 8.73. The summed E-state index contributed by atoms with van der Waals surface area (Å²) < 4.78 is 1.21. The number of unbranched alkanes of at least 4 members (excludes halogenated alkanes) is 2. The number of benzene rings is 2. The Kier molecular flexibility index (Phi) is 6.76. The molecule has 32 heavy (non-hydrogen) atoms. The molecule has 4 rings (SSSR count). The maximum Gasteiger partial charge on any atom is 0.132 e. The topological polar surface area (TPSA) is 40.5 Å². The van der Waals surface area contributed by atoms with Crippen LogP contribution in [-0.2, 0) is 6.42 Å². The number of fused-ring (bicyclic) bond motifs is 1. The van der Waals surface area contributed by atoms with Gasteiger partial charge in [-0.3, -0.25) is 0 Å². The first-order chi connectivity index (χ1) is 15.4. The lowest BCUT2D eigenvalue weighted by atomic mass is 9.73. The minimum atomic E-state index is -0.0564. The van der Waals surface area contributed by atoms with Gasteiger partial charge in [0.15, 0.2) is 0 Å². The molecule has 0 radical (unpaired) electrons. The molecule has 168 valence electrons. The van der Waals surface area contributed by atoms with Crippen LogP contribution in [-0.4, -0.2) is 10.2 Å². The van der Waals surface area contributed by atoms with E-state index >= 15 is 0 Å². The first-order valence-electron chi connectivity index (χ1n) is 11.8. The van der Waals surface area contributed by atoms with Crippen LogP contribution >= 0.6 is 11.3 Å². The molecular weight excluding hydrogens is 412 g/mol. The van der Waals surface area contributed by atoms with Crippen LogP contribution in [0.2, 0.25) is 0 Å². The SMILES string of the molecule is C=C(C)[C@@H]1CCC(C)=C[C@H]1c1c(O)cc(CCCCC)c(-c2cc3ccccc3s2)c1O. The van der Waals surface area contributed by atoms with E-state index in [4.69, 9.17) is 0 Å². The van der Waals surface area contributed by atoms with E-state index in [9.17, 15) is 10.2 Å². The maximum absolute atomic E-state index is 11.7. The first kappa shape index (κ1) is 22.7. The van der Waals surface area contributed by atoms with Gasteiger partial charge in [0, 0.05) is 26.6 Å². The fourth-order valence-corrected chi connectivity index (χ4v) is 6.24. The van der Waals surface area contributed by atoms with E-state index in [-0.39, 0.29) is 23.3 Å². The van der Waals surface area contributed by atoms with Gasteiger partial charge in [-0.2, -0.15) is 0 Å². The Balaban J connectivity index is 1.91. The van der Waals surface area contributed by atoms with Gasteiger partial charge in [-0.25, -0.2) is 0 Å². The zero-order chi connectivity index (χ0) is 22.8. The molecule has 0 fully saturated rings. The molecule has 1 heterocycles. The van der Waals surface area contributed by atoms with Gasteiger partial charge in [-0.05, 0) is 74.6 Å². The number of allylic oxidation sites excluding steroid dienone is 3. The Hall–Kier alpha value is -2.52.